The summed E-state index contributed by atoms with van der Waals surface area (Å²) in [5.74, 6) is 0.0882. The van der Waals surface area contributed by atoms with E-state index in [4.69, 9.17) is 10.5 Å². The first-order chi connectivity index (χ1) is 17.5. The normalized spacial score (nSPS) is 18.8. The molecule has 0 fully saturated rings. The van der Waals surface area contributed by atoms with Crippen LogP contribution in [0, 0.1) is 5.82 Å². The van der Waals surface area contributed by atoms with Crippen molar-refractivity contribution in [3.05, 3.63) is 71.3 Å². The van der Waals surface area contributed by atoms with Gasteiger partial charge in [-0.05, 0) is 32.0 Å². The maximum atomic E-state index is 15.3. The number of rotatable bonds is 4. The maximum Gasteiger partial charge on any atom is 0.387 e. The zero-order valence-electron chi connectivity index (χ0n) is 20.2. The van der Waals surface area contributed by atoms with Gasteiger partial charge in [-0.3, -0.25) is 4.79 Å². The van der Waals surface area contributed by atoms with E-state index in [-0.39, 0.29) is 22.8 Å². The Balaban J connectivity index is 1.55. The molecule has 2 aliphatic rings. The molecular weight excluding hydrogens is 485 g/mol. The van der Waals surface area contributed by atoms with E-state index < -0.39 is 30.1 Å². The van der Waals surface area contributed by atoms with Gasteiger partial charge in [0.2, 0.25) is 0 Å². The van der Waals surface area contributed by atoms with Gasteiger partial charge >= 0.3 is 6.61 Å². The number of hydrogen-bond acceptors (Lipinski definition) is 6. The number of nitrogens with two attached hydrogens (primary N) is 1. The van der Waals surface area contributed by atoms with Gasteiger partial charge in [-0.15, -0.1) is 0 Å². The number of amides is 1. The van der Waals surface area contributed by atoms with E-state index in [1.54, 1.807) is 37.9 Å². The number of alkyl halides is 2. The fourth-order valence-electron chi connectivity index (χ4n) is 5.32. The average Bonchev–Trinajstić information content (AvgIpc) is 3.35. The van der Waals surface area contributed by atoms with Crippen LogP contribution in [0.2, 0.25) is 0 Å². The Labute approximate surface area is 209 Å². The van der Waals surface area contributed by atoms with Crippen molar-refractivity contribution in [1.82, 2.24) is 24.4 Å². The molecule has 0 aliphatic carbocycles. The molecule has 37 heavy (non-hydrogen) atoms. The fraction of sp³-hybridized carbons (Fsp3) is 0.308. The molecular formula is C26H23F3N6O2. The van der Waals surface area contributed by atoms with Crippen LogP contribution in [0.15, 0.2) is 42.7 Å². The Morgan fingerprint density at radius 2 is 1.86 bits per heavy atom. The molecule has 0 unspecified atom stereocenters. The number of halogens is 3. The molecule has 4 aromatic rings. The maximum absolute atomic E-state index is 15.3. The van der Waals surface area contributed by atoms with Gasteiger partial charge in [0, 0.05) is 54.2 Å². The van der Waals surface area contributed by atoms with Crippen LogP contribution < -0.4 is 10.5 Å². The van der Waals surface area contributed by atoms with E-state index in [2.05, 4.69) is 15.0 Å². The van der Waals surface area contributed by atoms with E-state index in [1.165, 1.54) is 30.6 Å². The van der Waals surface area contributed by atoms with Crippen LogP contribution in [-0.4, -0.2) is 44.0 Å². The molecule has 6 rings (SSSR count). The summed E-state index contributed by atoms with van der Waals surface area (Å²) in [6.45, 7) is 0.494. The van der Waals surface area contributed by atoms with Gasteiger partial charge in [-0.25, -0.2) is 19.3 Å². The topological polar surface area (TPSA) is 99.2 Å². The molecule has 0 saturated heterocycles. The molecule has 0 spiro atoms. The first-order valence-corrected chi connectivity index (χ1v) is 11.7. The predicted molar refractivity (Wildman–Crippen MR) is 129 cm³/mol. The van der Waals surface area contributed by atoms with Crippen molar-refractivity contribution < 1.29 is 22.7 Å². The lowest BCUT2D eigenvalue weighted by molar-refractivity contribution is -0.0507. The minimum absolute atomic E-state index is 0.0645. The molecule has 8 nitrogen and oxygen atoms in total. The van der Waals surface area contributed by atoms with Gasteiger partial charge in [-0.1, -0.05) is 6.07 Å². The molecule has 2 aromatic heterocycles. The van der Waals surface area contributed by atoms with Gasteiger partial charge < -0.3 is 19.9 Å². The second-order valence-corrected chi connectivity index (χ2v) is 9.96. The summed E-state index contributed by atoms with van der Waals surface area (Å²) in [5, 5.41) is 0. The number of imidazole rings is 1. The van der Waals surface area contributed by atoms with E-state index in [1.807, 2.05) is 4.57 Å². The third-order valence-corrected chi connectivity index (χ3v) is 7.03. The van der Waals surface area contributed by atoms with Crippen LogP contribution in [0.3, 0.4) is 0 Å². The molecule has 2 bridgehead atoms. The molecule has 0 saturated carbocycles. The summed E-state index contributed by atoms with van der Waals surface area (Å²) in [7, 11) is 1.65. The molecule has 0 radical (unpaired) electrons. The third kappa shape index (κ3) is 3.56. The van der Waals surface area contributed by atoms with Gasteiger partial charge in [0.1, 0.15) is 23.2 Å². The van der Waals surface area contributed by atoms with E-state index in [0.717, 1.165) is 0 Å². The SMILES string of the molecule is CN1C(=O)c2cccc(OC(F)F)c2[C@H]2C[C@@H]1c1nc3cc(F)c(-c4cnc(C(C)(C)N)nc4)cc3n12. The van der Waals surface area contributed by atoms with Crippen LogP contribution in [0.25, 0.3) is 22.2 Å². The highest BCUT2D eigenvalue weighted by Crippen LogP contribution is 2.50. The number of nitrogens with zero attached hydrogens (tertiary/aromatic N) is 5. The Morgan fingerprint density at radius 1 is 1.14 bits per heavy atom. The first kappa shape index (κ1) is 23.4. The smallest absolute Gasteiger partial charge is 0.387 e. The second-order valence-electron chi connectivity index (χ2n) is 9.96. The summed E-state index contributed by atoms with van der Waals surface area (Å²) < 4.78 is 48.6. The highest BCUT2D eigenvalue weighted by Gasteiger charge is 2.45. The fourth-order valence-corrected chi connectivity index (χ4v) is 5.32. The number of ether oxygens (including phenoxy) is 1. The number of fused-ring (bicyclic) bond motifs is 9. The van der Waals surface area contributed by atoms with Crippen molar-refractivity contribution in [3.8, 4) is 16.9 Å². The van der Waals surface area contributed by atoms with E-state index >= 15 is 4.39 Å². The molecule has 4 heterocycles. The number of hydrogen-bond donors (Lipinski definition) is 1. The number of benzene rings is 2. The van der Waals surface area contributed by atoms with Gasteiger partial charge in [0.25, 0.3) is 5.91 Å². The molecule has 2 aliphatic heterocycles. The summed E-state index contributed by atoms with van der Waals surface area (Å²) in [6.07, 6.45) is 3.46. The van der Waals surface area contributed by atoms with Gasteiger partial charge in [-0.2, -0.15) is 8.78 Å². The third-order valence-electron chi connectivity index (χ3n) is 7.03. The highest BCUT2D eigenvalue weighted by atomic mass is 19.3. The minimum Gasteiger partial charge on any atom is -0.434 e. The molecule has 2 atom stereocenters. The lowest BCUT2D eigenvalue weighted by atomic mass is 9.97. The van der Waals surface area contributed by atoms with E-state index in [9.17, 15) is 13.6 Å². The van der Waals surface area contributed by atoms with Crippen LogP contribution in [0.4, 0.5) is 13.2 Å². The zero-order chi connectivity index (χ0) is 26.2. The van der Waals surface area contributed by atoms with Crippen molar-refractivity contribution in [3.63, 3.8) is 0 Å². The van der Waals surface area contributed by atoms with Gasteiger partial charge in [0.15, 0.2) is 0 Å². The Kier molecular flexibility index (Phi) is 5.07. The minimum atomic E-state index is -3.05. The summed E-state index contributed by atoms with van der Waals surface area (Å²) >= 11 is 0. The van der Waals surface area contributed by atoms with Crippen molar-refractivity contribution in [1.29, 1.82) is 0 Å². The molecule has 1 amide bonds. The van der Waals surface area contributed by atoms with Crippen molar-refractivity contribution in [2.24, 2.45) is 5.73 Å². The van der Waals surface area contributed by atoms with Crippen molar-refractivity contribution in [2.45, 2.75) is 44.5 Å². The standard InChI is InChI=1S/C26H23F3N6O2/c1-26(2,30)24-31-10-12(11-32-24)14-7-17-16(8-15(14)27)33-22-19-9-18(35(17)22)21-13(23(36)34(19)3)5-4-6-20(21)37-25(28)29/h4-8,10-11,18-19,25H,9,30H2,1-3H3/t18-,19-/m1/s1. The molecule has 190 valence electrons. The average molecular weight is 509 g/mol. The first-order valence-electron chi connectivity index (χ1n) is 11.7. The van der Waals surface area contributed by atoms with Crippen molar-refractivity contribution >= 4 is 16.9 Å². The number of aromatic nitrogens is 4. The number of carbonyl (C=O) groups is 1. The zero-order valence-corrected chi connectivity index (χ0v) is 20.2. The van der Waals surface area contributed by atoms with Gasteiger partial charge in [0.05, 0.1) is 28.7 Å². The summed E-state index contributed by atoms with van der Waals surface area (Å²) in [4.78, 5) is 28.1. The summed E-state index contributed by atoms with van der Waals surface area (Å²) in [6, 6.07) is 6.60. The lowest BCUT2D eigenvalue weighted by Crippen LogP contribution is -2.31. The quantitative estimate of drug-likeness (QED) is 0.434. The predicted octanol–water partition coefficient (Wildman–Crippen LogP) is 4.55. The number of carbonyl (C=O) groups excluding carboxylic acids is 1. The molecule has 2 N–H and O–H groups in total. The van der Waals surface area contributed by atoms with Crippen LogP contribution >= 0.6 is 0 Å². The molecule has 2 aromatic carbocycles. The molecule has 11 heteroatoms. The largest absolute Gasteiger partial charge is 0.434 e. The Bertz CT molecular complexity index is 1560. The Hall–Kier alpha value is -3.99. The van der Waals surface area contributed by atoms with Crippen LogP contribution in [0.5, 0.6) is 5.75 Å². The van der Waals surface area contributed by atoms with Crippen LogP contribution in [0.1, 0.15) is 59.9 Å². The van der Waals surface area contributed by atoms with Crippen molar-refractivity contribution in [2.75, 3.05) is 7.05 Å². The Morgan fingerprint density at radius 3 is 2.54 bits per heavy atom. The monoisotopic (exact) mass is 508 g/mol. The van der Waals surface area contributed by atoms with E-state index in [0.29, 0.717) is 40.2 Å². The summed E-state index contributed by atoms with van der Waals surface area (Å²) in [5.41, 5.74) is 7.67. The second kappa shape index (κ2) is 8.01. The highest BCUT2D eigenvalue weighted by molar-refractivity contribution is 5.98. The van der Waals surface area contributed by atoms with Crippen LogP contribution in [-0.2, 0) is 5.54 Å². The lowest BCUT2D eigenvalue weighted by Gasteiger charge is -2.24.